The molecule has 1 N–H and O–H groups in total. The van der Waals surface area contributed by atoms with Crippen LogP contribution in [0.2, 0.25) is 5.02 Å². The second-order valence-corrected chi connectivity index (χ2v) is 5.78. The highest BCUT2D eigenvalue weighted by Crippen LogP contribution is 2.24. The zero-order chi connectivity index (χ0) is 14.8. The molecule has 0 aliphatic carbocycles. The first-order valence-electron chi connectivity index (χ1n) is 7.11. The molecule has 2 fully saturated rings. The molecular weight excluding hydrogens is 297 g/mol. The minimum absolute atomic E-state index is 0.0121. The highest BCUT2D eigenvalue weighted by molar-refractivity contribution is 6.30. The number of pyridine rings is 1. The molecule has 2 saturated heterocycles. The van der Waals surface area contributed by atoms with E-state index < -0.39 is 11.9 Å². The van der Waals surface area contributed by atoms with Crippen molar-refractivity contribution >= 4 is 23.3 Å². The molecule has 7 heteroatoms. The molecule has 1 aromatic heterocycles. The molecule has 1 amide bonds. The lowest BCUT2D eigenvalue weighted by molar-refractivity contribution is -0.131. The van der Waals surface area contributed by atoms with Crippen LogP contribution in [0.4, 0.5) is 10.2 Å². The predicted octanol–water partition coefficient (Wildman–Crippen LogP) is 2.07. The molecule has 1 atom stereocenters. The van der Waals surface area contributed by atoms with E-state index in [0.29, 0.717) is 26.2 Å². The summed E-state index contributed by atoms with van der Waals surface area (Å²) < 4.78 is 19.1. The van der Waals surface area contributed by atoms with Crippen LogP contribution in [-0.4, -0.2) is 47.6 Å². The number of aromatic nitrogens is 1. The van der Waals surface area contributed by atoms with Gasteiger partial charge < -0.3 is 15.0 Å². The van der Waals surface area contributed by atoms with Crippen LogP contribution in [0.3, 0.4) is 0 Å². The van der Waals surface area contributed by atoms with E-state index in [4.69, 9.17) is 16.3 Å². The van der Waals surface area contributed by atoms with Crippen LogP contribution in [0, 0.1) is 5.82 Å². The monoisotopic (exact) mass is 313 g/mol. The first-order valence-corrected chi connectivity index (χ1v) is 7.49. The van der Waals surface area contributed by atoms with Gasteiger partial charge in [-0.05, 0) is 25.3 Å². The van der Waals surface area contributed by atoms with Crippen molar-refractivity contribution in [2.75, 3.05) is 25.1 Å². The van der Waals surface area contributed by atoms with Gasteiger partial charge in [0.1, 0.15) is 6.04 Å². The molecule has 0 aromatic carbocycles. The topological polar surface area (TPSA) is 54.5 Å². The van der Waals surface area contributed by atoms with Crippen LogP contribution in [0.15, 0.2) is 12.3 Å². The Bertz CT molecular complexity index is 537. The second kappa shape index (κ2) is 6.15. The molecule has 0 saturated carbocycles. The SMILES string of the molecule is O=C1C(Nc2ncc(Cl)cc2F)CCN1C1CCOCC1. The first kappa shape index (κ1) is 14.5. The largest absolute Gasteiger partial charge is 0.381 e. The number of hydrogen-bond acceptors (Lipinski definition) is 4. The van der Waals surface area contributed by atoms with E-state index in [1.54, 1.807) is 0 Å². The number of ether oxygens (including phenoxy) is 1. The average Bonchev–Trinajstić information content (AvgIpc) is 2.84. The van der Waals surface area contributed by atoms with Crippen LogP contribution in [0.1, 0.15) is 19.3 Å². The Labute approximate surface area is 127 Å². The minimum Gasteiger partial charge on any atom is -0.381 e. The van der Waals surface area contributed by atoms with Gasteiger partial charge in [-0.15, -0.1) is 0 Å². The summed E-state index contributed by atoms with van der Waals surface area (Å²) in [5.41, 5.74) is 0. The van der Waals surface area contributed by atoms with Gasteiger partial charge in [-0.1, -0.05) is 11.6 Å². The Morgan fingerprint density at radius 2 is 2.14 bits per heavy atom. The summed E-state index contributed by atoms with van der Waals surface area (Å²) in [4.78, 5) is 18.2. The molecule has 5 nitrogen and oxygen atoms in total. The minimum atomic E-state index is -0.542. The summed E-state index contributed by atoms with van der Waals surface area (Å²) >= 11 is 5.67. The third kappa shape index (κ3) is 3.11. The summed E-state index contributed by atoms with van der Waals surface area (Å²) in [6.07, 6.45) is 3.75. The van der Waals surface area contributed by atoms with E-state index >= 15 is 0 Å². The van der Waals surface area contributed by atoms with Crippen LogP contribution in [-0.2, 0) is 9.53 Å². The maximum Gasteiger partial charge on any atom is 0.245 e. The smallest absolute Gasteiger partial charge is 0.245 e. The Kier molecular flexibility index (Phi) is 4.26. The van der Waals surface area contributed by atoms with Crippen LogP contribution in [0.5, 0.6) is 0 Å². The molecular formula is C14H17ClFN3O2. The fourth-order valence-corrected chi connectivity index (χ4v) is 3.03. The third-order valence-corrected chi connectivity index (χ3v) is 4.20. The number of amides is 1. The van der Waals surface area contributed by atoms with Gasteiger partial charge in [0, 0.05) is 32.0 Å². The highest BCUT2D eigenvalue weighted by Gasteiger charge is 2.36. The third-order valence-electron chi connectivity index (χ3n) is 3.99. The Morgan fingerprint density at radius 3 is 2.86 bits per heavy atom. The molecule has 21 heavy (non-hydrogen) atoms. The summed E-state index contributed by atoms with van der Waals surface area (Å²) in [6.45, 7) is 2.08. The Morgan fingerprint density at radius 1 is 1.38 bits per heavy atom. The van der Waals surface area contributed by atoms with E-state index in [9.17, 15) is 9.18 Å². The van der Waals surface area contributed by atoms with Gasteiger partial charge in [0.25, 0.3) is 0 Å². The number of halogens is 2. The van der Waals surface area contributed by atoms with E-state index in [1.165, 1.54) is 12.3 Å². The van der Waals surface area contributed by atoms with Gasteiger partial charge in [-0.25, -0.2) is 9.37 Å². The highest BCUT2D eigenvalue weighted by atomic mass is 35.5. The van der Waals surface area contributed by atoms with Crippen molar-refractivity contribution in [2.24, 2.45) is 0 Å². The molecule has 3 rings (SSSR count). The number of rotatable bonds is 3. The number of nitrogens with one attached hydrogen (secondary N) is 1. The average molecular weight is 314 g/mol. The number of nitrogens with zero attached hydrogens (tertiary/aromatic N) is 2. The second-order valence-electron chi connectivity index (χ2n) is 5.34. The lowest BCUT2D eigenvalue weighted by Gasteiger charge is -2.31. The van der Waals surface area contributed by atoms with E-state index in [-0.39, 0.29) is 22.8 Å². The molecule has 3 heterocycles. The molecule has 2 aliphatic rings. The maximum absolute atomic E-state index is 13.7. The Balaban J connectivity index is 1.66. The van der Waals surface area contributed by atoms with Crippen LogP contribution < -0.4 is 5.32 Å². The molecule has 2 aliphatic heterocycles. The lowest BCUT2D eigenvalue weighted by Crippen LogP contribution is -2.43. The molecule has 0 spiro atoms. The van der Waals surface area contributed by atoms with Crippen LogP contribution >= 0.6 is 11.6 Å². The maximum atomic E-state index is 13.7. The molecule has 1 aromatic rings. The van der Waals surface area contributed by atoms with Gasteiger partial charge in [-0.2, -0.15) is 0 Å². The first-order chi connectivity index (χ1) is 10.1. The number of carbonyl (C=O) groups excluding carboxylic acids is 1. The van der Waals surface area contributed by atoms with E-state index in [1.807, 2.05) is 4.90 Å². The van der Waals surface area contributed by atoms with Gasteiger partial charge >= 0.3 is 0 Å². The van der Waals surface area contributed by atoms with Crippen molar-refractivity contribution in [2.45, 2.75) is 31.3 Å². The van der Waals surface area contributed by atoms with Crippen molar-refractivity contribution in [3.05, 3.63) is 23.1 Å². The van der Waals surface area contributed by atoms with Crippen LogP contribution in [0.25, 0.3) is 0 Å². The standard InChI is InChI=1S/C14H17ClFN3O2/c15-9-7-11(16)13(17-8-9)18-12-1-4-19(14(12)20)10-2-5-21-6-3-10/h7-8,10,12H,1-6H2,(H,17,18). The summed E-state index contributed by atoms with van der Waals surface area (Å²) in [5, 5.41) is 3.12. The van der Waals surface area contributed by atoms with Gasteiger partial charge in [0.2, 0.25) is 5.91 Å². The van der Waals surface area contributed by atoms with Crippen molar-refractivity contribution < 1.29 is 13.9 Å². The number of likely N-dealkylation sites (tertiary alicyclic amines) is 1. The van der Waals surface area contributed by atoms with E-state index in [0.717, 1.165) is 12.8 Å². The normalized spacial score (nSPS) is 23.6. The number of hydrogen-bond donors (Lipinski definition) is 1. The Hall–Kier alpha value is -1.40. The van der Waals surface area contributed by atoms with Gasteiger partial charge in [-0.3, -0.25) is 4.79 Å². The van der Waals surface area contributed by atoms with Gasteiger partial charge in [0.15, 0.2) is 11.6 Å². The molecule has 0 bridgehead atoms. The lowest BCUT2D eigenvalue weighted by atomic mass is 10.1. The van der Waals surface area contributed by atoms with Crippen molar-refractivity contribution in [1.29, 1.82) is 0 Å². The van der Waals surface area contributed by atoms with Crippen molar-refractivity contribution in [3.63, 3.8) is 0 Å². The summed E-state index contributed by atoms with van der Waals surface area (Å²) in [6, 6.07) is 1.00. The number of carbonyl (C=O) groups is 1. The summed E-state index contributed by atoms with van der Waals surface area (Å²) in [7, 11) is 0. The zero-order valence-electron chi connectivity index (χ0n) is 11.5. The van der Waals surface area contributed by atoms with E-state index in [2.05, 4.69) is 10.3 Å². The van der Waals surface area contributed by atoms with Crippen molar-refractivity contribution in [1.82, 2.24) is 9.88 Å². The zero-order valence-corrected chi connectivity index (χ0v) is 12.3. The van der Waals surface area contributed by atoms with Crippen molar-refractivity contribution in [3.8, 4) is 0 Å². The molecule has 0 radical (unpaired) electrons. The fourth-order valence-electron chi connectivity index (χ4n) is 2.88. The summed E-state index contributed by atoms with van der Waals surface area (Å²) in [5.74, 6) is -0.454. The quantitative estimate of drug-likeness (QED) is 0.928. The molecule has 1 unspecified atom stereocenters. The van der Waals surface area contributed by atoms with Gasteiger partial charge in [0.05, 0.1) is 5.02 Å². The fraction of sp³-hybridized carbons (Fsp3) is 0.571. The molecule has 114 valence electrons. The number of anilines is 1. The predicted molar refractivity (Wildman–Crippen MR) is 76.8 cm³/mol.